The Hall–Kier alpha value is -3.27. The Morgan fingerprint density at radius 3 is 1.98 bits per heavy atom. The Morgan fingerprint density at radius 1 is 0.884 bits per heavy atom. The number of piperazine rings is 1. The van der Waals surface area contributed by atoms with Crippen LogP contribution in [0.4, 0.5) is 39.9 Å². The second-order valence-electron chi connectivity index (χ2n) is 10.5. The first-order chi connectivity index (χ1) is 19.9. The summed E-state index contributed by atoms with van der Waals surface area (Å²) >= 11 is 0. The summed E-state index contributed by atoms with van der Waals surface area (Å²) in [5, 5.41) is 0. The van der Waals surface area contributed by atoms with Crippen LogP contribution in [-0.2, 0) is 25.0 Å². The quantitative estimate of drug-likeness (QED) is 0.259. The van der Waals surface area contributed by atoms with Crippen LogP contribution in [0.5, 0.6) is 0 Å². The van der Waals surface area contributed by atoms with E-state index < -0.39 is 56.6 Å². The summed E-state index contributed by atoms with van der Waals surface area (Å²) in [6.07, 6.45) is -12.3. The molecular formula is C27H27F8N3O4S. The molecule has 2 heterocycles. The number of aldehydes is 1. The van der Waals surface area contributed by atoms with Gasteiger partial charge in [0.25, 0.3) is 0 Å². The largest absolute Gasteiger partial charge is 0.435 e. The topological polar surface area (TPSA) is 78.0 Å². The van der Waals surface area contributed by atoms with Gasteiger partial charge in [0.2, 0.25) is 0 Å². The molecule has 0 bridgehead atoms. The van der Waals surface area contributed by atoms with Crippen molar-refractivity contribution in [3.63, 3.8) is 0 Å². The highest BCUT2D eigenvalue weighted by Gasteiger charge is 2.73. The van der Waals surface area contributed by atoms with Crippen LogP contribution >= 0.6 is 0 Å². The van der Waals surface area contributed by atoms with Crippen molar-refractivity contribution in [1.82, 2.24) is 14.7 Å². The van der Waals surface area contributed by atoms with Gasteiger partial charge in [-0.25, -0.2) is 22.0 Å². The van der Waals surface area contributed by atoms with Gasteiger partial charge in [0.15, 0.2) is 9.84 Å². The van der Waals surface area contributed by atoms with Gasteiger partial charge in [0.1, 0.15) is 16.9 Å². The number of rotatable bonds is 6. The Kier molecular flexibility index (Phi) is 8.61. The van der Waals surface area contributed by atoms with Crippen molar-refractivity contribution in [3.8, 4) is 0 Å². The van der Waals surface area contributed by atoms with E-state index in [9.17, 15) is 53.1 Å². The molecule has 16 heteroatoms. The van der Waals surface area contributed by atoms with Gasteiger partial charge in [-0.1, -0.05) is 24.3 Å². The highest BCUT2D eigenvalue weighted by Crippen LogP contribution is 2.54. The van der Waals surface area contributed by atoms with Crippen LogP contribution in [0.25, 0.3) is 0 Å². The van der Waals surface area contributed by atoms with Crippen molar-refractivity contribution in [1.29, 1.82) is 0 Å². The van der Waals surface area contributed by atoms with Crippen LogP contribution in [0.1, 0.15) is 23.1 Å². The smallest absolute Gasteiger partial charge is 0.323 e. The molecule has 7 nitrogen and oxygen atoms in total. The molecule has 2 aliphatic rings. The standard InChI is InChI=1S/C27H27F8N3O4S/c1-18-16-21(6-7-22(18)28)43(41,42)24(8-9-38(17-24)23(40)37-12-10-36(11-13-37)14-15-39)19-2-4-20(5-3-19)25(29,26(30,31)32)27(33,34)35/h2-7,15-16H,8-14,17H2,1H3/t24-/m0/s1. The first kappa shape index (κ1) is 32.6. The molecule has 0 saturated carbocycles. The maximum absolute atomic E-state index is 14.7. The van der Waals surface area contributed by atoms with Crippen LogP contribution in [0.15, 0.2) is 47.4 Å². The molecule has 0 aliphatic carbocycles. The molecule has 2 aromatic carbocycles. The molecule has 0 spiro atoms. The summed E-state index contributed by atoms with van der Waals surface area (Å²) in [5.74, 6) is -0.715. The van der Waals surface area contributed by atoms with Crippen LogP contribution < -0.4 is 0 Å². The average molecular weight is 642 g/mol. The lowest BCUT2D eigenvalue weighted by atomic mass is 9.90. The molecule has 0 aromatic heterocycles. The maximum Gasteiger partial charge on any atom is 0.435 e. The molecule has 4 rings (SSSR count). The summed E-state index contributed by atoms with van der Waals surface area (Å²) in [6, 6.07) is 4.21. The normalized spacial score (nSPS) is 20.9. The number of urea groups is 1. The van der Waals surface area contributed by atoms with Crippen molar-refractivity contribution < 1.29 is 53.1 Å². The summed E-state index contributed by atoms with van der Waals surface area (Å²) in [5.41, 5.74) is -7.82. The van der Waals surface area contributed by atoms with E-state index in [2.05, 4.69) is 0 Å². The molecule has 0 unspecified atom stereocenters. The fourth-order valence-corrected chi connectivity index (χ4v) is 7.65. The van der Waals surface area contributed by atoms with E-state index in [1.54, 1.807) is 4.90 Å². The van der Waals surface area contributed by atoms with Gasteiger partial charge in [-0.3, -0.25) is 4.90 Å². The van der Waals surface area contributed by atoms with Gasteiger partial charge in [-0.2, -0.15) is 26.3 Å². The summed E-state index contributed by atoms with van der Waals surface area (Å²) in [7, 11) is -4.58. The molecule has 0 radical (unpaired) electrons. The third-order valence-electron chi connectivity index (χ3n) is 8.02. The Balaban J connectivity index is 1.76. The first-order valence-electron chi connectivity index (χ1n) is 13.0. The van der Waals surface area contributed by atoms with E-state index >= 15 is 0 Å². The molecule has 0 N–H and O–H groups in total. The lowest BCUT2D eigenvalue weighted by Gasteiger charge is -2.36. The summed E-state index contributed by atoms with van der Waals surface area (Å²) in [4.78, 5) is 28.2. The van der Waals surface area contributed by atoms with Gasteiger partial charge >= 0.3 is 24.1 Å². The zero-order valence-corrected chi connectivity index (χ0v) is 23.5. The summed E-state index contributed by atoms with van der Waals surface area (Å²) < 4.78 is 135. The molecule has 2 aliphatic heterocycles. The van der Waals surface area contributed by atoms with E-state index in [1.165, 1.54) is 16.7 Å². The van der Waals surface area contributed by atoms with Gasteiger partial charge in [0, 0.05) is 44.8 Å². The van der Waals surface area contributed by atoms with Crippen molar-refractivity contribution >= 4 is 22.2 Å². The Morgan fingerprint density at radius 2 is 1.47 bits per heavy atom. The van der Waals surface area contributed by atoms with Crippen molar-refractivity contribution in [2.75, 3.05) is 45.8 Å². The highest BCUT2D eigenvalue weighted by molar-refractivity contribution is 7.92. The summed E-state index contributed by atoms with van der Waals surface area (Å²) in [6.45, 7) is 2.00. The van der Waals surface area contributed by atoms with Gasteiger partial charge in [-0.05, 0) is 42.7 Å². The number of hydrogen-bond donors (Lipinski definition) is 0. The van der Waals surface area contributed by atoms with E-state index in [-0.39, 0.29) is 60.8 Å². The highest BCUT2D eigenvalue weighted by atomic mass is 32.2. The predicted octanol–water partition coefficient (Wildman–Crippen LogP) is 4.73. The molecule has 2 saturated heterocycles. The SMILES string of the molecule is Cc1cc(S(=O)(=O)[C@@]2(c3ccc(C(F)(C(F)(F)F)C(F)(F)F)cc3)CCN(C(=O)N3CCN(CC=O)CC3)C2)ccc1F. The average Bonchev–Trinajstić information content (AvgIpc) is 3.40. The number of likely N-dealkylation sites (tertiary alicyclic amines) is 1. The molecule has 236 valence electrons. The zero-order chi connectivity index (χ0) is 32.0. The number of carbonyl (C=O) groups is 2. The number of aryl methyl sites for hydroxylation is 1. The minimum absolute atomic E-state index is 0.0386. The number of amides is 2. The molecule has 2 aromatic rings. The second-order valence-corrected chi connectivity index (χ2v) is 12.8. The van der Waals surface area contributed by atoms with Crippen molar-refractivity contribution in [2.45, 2.75) is 41.0 Å². The maximum atomic E-state index is 14.7. The van der Waals surface area contributed by atoms with E-state index in [0.29, 0.717) is 25.2 Å². The molecule has 1 atom stereocenters. The van der Waals surface area contributed by atoms with E-state index in [0.717, 1.165) is 24.5 Å². The van der Waals surface area contributed by atoms with Crippen LogP contribution in [-0.4, -0.2) is 93.6 Å². The number of nitrogens with zero attached hydrogens (tertiary/aromatic N) is 3. The molecule has 43 heavy (non-hydrogen) atoms. The fraction of sp³-hybridized carbons (Fsp3) is 0.481. The third kappa shape index (κ3) is 5.58. The third-order valence-corrected chi connectivity index (χ3v) is 10.5. The second kappa shape index (κ2) is 11.3. The molecule has 2 fully saturated rings. The number of hydrogen-bond acceptors (Lipinski definition) is 5. The van der Waals surface area contributed by atoms with Gasteiger partial charge in [-0.15, -0.1) is 0 Å². The van der Waals surface area contributed by atoms with E-state index in [1.807, 2.05) is 0 Å². The monoisotopic (exact) mass is 641 g/mol. The minimum atomic E-state index is -6.37. The number of benzene rings is 2. The van der Waals surface area contributed by atoms with Crippen molar-refractivity contribution in [3.05, 3.63) is 65.0 Å². The number of halogens is 8. The van der Waals surface area contributed by atoms with Crippen molar-refractivity contribution in [2.24, 2.45) is 0 Å². The van der Waals surface area contributed by atoms with E-state index in [4.69, 9.17) is 0 Å². The first-order valence-corrected chi connectivity index (χ1v) is 14.5. The lowest BCUT2D eigenvalue weighted by molar-refractivity contribution is -0.348. The Bertz CT molecular complexity index is 1460. The number of alkyl halides is 7. The van der Waals surface area contributed by atoms with Gasteiger partial charge < -0.3 is 14.6 Å². The molecular weight excluding hydrogens is 614 g/mol. The van der Waals surface area contributed by atoms with Gasteiger partial charge in [0.05, 0.1) is 11.4 Å². The van der Waals surface area contributed by atoms with Crippen LogP contribution in [0, 0.1) is 12.7 Å². The molecule has 2 amide bonds. The fourth-order valence-electron chi connectivity index (χ4n) is 5.48. The van der Waals surface area contributed by atoms with Crippen LogP contribution in [0.3, 0.4) is 0 Å². The zero-order valence-electron chi connectivity index (χ0n) is 22.7. The number of sulfone groups is 1. The van der Waals surface area contributed by atoms with Crippen LogP contribution in [0.2, 0.25) is 0 Å². The minimum Gasteiger partial charge on any atom is -0.323 e. The lowest BCUT2D eigenvalue weighted by Crippen LogP contribution is -2.53. The number of carbonyl (C=O) groups excluding carboxylic acids is 2. The Labute approximate surface area is 242 Å². The predicted molar refractivity (Wildman–Crippen MR) is 137 cm³/mol.